The zero-order valence-electron chi connectivity index (χ0n) is 31.0. The number of hydrogen-bond acceptors (Lipinski definition) is 2. The molecule has 11 aromatic rings. The fourth-order valence-electron chi connectivity index (χ4n) is 8.06. The molecule has 0 fully saturated rings. The van der Waals surface area contributed by atoms with Crippen LogP contribution in [0.15, 0.2) is 121 Å². The van der Waals surface area contributed by atoms with E-state index in [4.69, 9.17) is 13.8 Å². The normalized spacial score (nSPS) is 13.3. The topological polar surface area (TPSA) is 41.3 Å². The Morgan fingerprint density at radius 2 is 1.44 bits per heavy atom. The number of benzene rings is 6. The molecule has 0 saturated carbocycles. The molecular weight excluding hydrogens is 822 g/mol. The number of ether oxygens (including phenoxy) is 1. The molecule has 0 aliphatic rings. The Morgan fingerprint density at radius 1 is 0.673 bits per heavy atom. The number of nitrogens with zero attached hydrogens (tertiary/aromatic N) is 5. The van der Waals surface area contributed by atoms with Gasteiger partial charge >= 0.3 is 205 Å². The fraction of sp³-hybridized carbons (Fsp3) is 0.0667. The van der Waals surface area contributed by atoms with Crippen molar-refractivity contribution in [3.63, 3.8) is 0 Å². The number of imidazole rings is 1. The molecule has 6 aromatic carbocycles. The molecule has 0 atom stereocenters. The monoisotopic (exact) mass is 853 g/mol. The van der Waals surface area contributed by atoms with Gasteiger partial charge in [0.05, 0.1) is 16.6 Å². The van der Waals surface area contributed by atoms with Crippen molar-refractivity contribution in [3.05, 3.63) is 149 Å². The summed E-state index contributed by atoms with van der Waals surface area (Å²) in [6.07, 6.45) is 1.82. The van der Waals surface area contributed by atoms with E-state index in [9.17, 15) is 0 Å². The summed E-state index contributed by atoms with van der Waals surface area (Å²) in [4.78, 5) is 4.84. The second-order valence-electron chi connectivity index (χ2n) is 13.4. The van der Waals surface area contributed by atoms with E-state index >= 15 is 0 Å². The van der Waals surface area contributed by atoms with E-state index < -0.39 is 6.85 Å². The van der Waals surface area contributed by atoms with Crippen molar-refractivity contribution >= 4 is 70.9 Å². The average Bonchev–Trinajstić information content (AvgIpc) is 3.87. The predicted octanol–water partition coefficient (Wildman–Crippen LogP) is 10.7. The first-order chi connectivity index (χ1) is 26.7. The van der Waals surface area contributed by atoms with Gasteiger partial charge in [-0.1, -0.05) is 36.4 Å². The zero-order valence-corrected chi connectivity index (χ0v) is 30.3. The van der Waals surface area contributed by atoms with Crippen molar-refractivity contribution in [2.45, 2.75) is 13.8 Å². The van der Waals surface area contributed by atoms with Crippen LogP contribution in [-0.2, 0) is 26.4 Å². The summed E-state index contributed by atoms with van der Waals surface area (Å²) in [6, 6.07) is 46.0. The van der Waals surface area contributed by atoms with E-state index in [0.717, 1.165) is 53.5 Å². The van der Waals surface area contributed by atoms with Gasteiger partial charge in [-0.15, -0.1) is 0 Å². The van der Waals surface area contributed by atoms with Gasteiger partial charge < -0.3 is 4.40 Å². The first-order valence-electron chi connectivity index (χ1n) is 18.5. The van der Waals surface area contributed by atoms with Gasteiger partial charge in [0.2, 0.25) is 0 Å². The SMILES string of the molecule is [2H]C([2H])([2H])c1ccc(-n2[c](=[Pt])n(C)c3ccccc32)[c-]c1Oc1[c-]c2c(cc1)c1cc3c4cccc5c6ccccc6n(c3cc1n2-c1cc(C)ccn1)c54. The Labute approximate surface area is 313 Å². The summed E-state index contributed by atoms with van der Waals surface area (Å²) in [7, 11) is 2.01. The van der Waals surface area contributed by atoms with Crippen LogP contribution < -0.4 is 4.74 Å². The molecule has 0 aliphatic carbocycles. The molecule has 7 heteroatoms. The van der Waals surface area contributed by atoms with Gasteiger partial charge in [0, 0.05) is 27.7 Å². The van der Waals surface area contributed by atoms with Crippen LogP contribution in [0.5, 0.6) is 11.5 Å². The summed E-state index contributed by atoms with van der Waals surface area (Å²) in [5, 5.41) is 6.89. The third-order valence-corrected chi connectivity index (χ3v) is 11.7. The van der Waals surface area contributed by atoms with E-state index in [1.54, 1.807) is 12.1 Å². The molecule has 6 nitrogen and oxygen atoms in total. The number of fused-ring (bicyclic) bond motifs is 10. The number of pyridine rings is 1. The molecular formula is C45H29N5OPt-2. The van der Waals surface area contributed by atoms with Crippen LogP contribution in [0.1, 0.15) is 15.2 Å². The van der Waals surface area contributed by atoms with Crippen LogP contribution in [0.3, 0.4) is 0 Å². The Kier molecular flexibility index (Phi) is 5.55. The van der Waals surface area contributed by atoms with Crippen LogP contribution >= 0.6 is 0 Å². The Balaban J connectivity index is 1.15. The van der Waals surface area contributed by atoms with E-state index in [1.165, 1.54) is 32.6 Å². The van der Waals surface area contributed by atoms with E-state index in [1.807, 2.05) is 49.6 Å². The Morgan fingerprint density at radius 3 is 2.29 bits per heavy atom. The van der Waals surface area contributed by atoms with E-state index in [2.05, 4.69) is 123 Å². The molecule has 52 heavy (non-hydrogen) atoms. The maximum absolute atomic E-state index is 8.39. The van der Waals surface area contributed by atoms with Gasteiger partial charge in [0.1, 0.15) is 0 Å². The van der Waals surface area contributed by atoms with Crippen LogP contribution in [0.2, 0.25) is 0 Å². The molecule has 0 aliphatic heterocycles. The van der Waals surface area contributed by atoms with Gasteiger partial charge in [-0.05, 0) is 24.6 Å². The van der Waals surface area contributed by atoms with Gasteiger partial charge in [0.25, 0.3) is 0 Å². The van der Waals surface area contributed by atoms with Crippen LogP contribution in [-0.4, -0.2) is 23.1 Å². The minimum atomic E-state index is -2.43. The molecule has 5 aromatic heterocycles. The van der Waals surface area contributed by atoms with Crippen molar-refractivity contribution in [2.24, 2.45) is 7.05 Å². The summed E-state index contributed by atoms with van der Waals surface area (Å²) in [5.74, 6) is 1.25. The standard InChI is InChI=1S/C45H29N5O.Pt/c1-27-19-20-46-44(21-27)49-40-23-30(51-43-22-29(16-15-28(43)2)48-26-47(3)38-13-6-7-14-39(38)48)17-18-32(40)35-24-36-34-11-8-10-33-31-9-4-5-12-37(31)50(45(33)34)42(36)25-41(35)49;/h4-21,24-25H,1-3H3;/q-2;/i2D3;. The minimum absolute atomic E-state index is 0.0713. The maximum atomic E-state index is 8.39. The number of para-hydroxylation sites is 4. The molecule has 252 valence electrons. The molecule has 0 bridgehead atoms. The molecule has 0 radical (unpaired) electrons. The molecule has 11 rings (SSSR count). The molecule has 0 spiro atoms. The van der Waals surface area contributed by atoms with Crippen molar-refractivity contribution in [1.29, 1.82) is 0 Å². The van der Waals surface area contributed by atoms with Crippen molar-refractivity contribution in [3.8, 4) is 23.0 Å². The zero-order chi connectivity index (χ0) is 37.3. The third kappa shape index (κ3) is 4.04. The van der Waals surface area contributed by atoms with Crippen molar-refractivity contribution < 1.29 is 28.2 Å². The van der Waals surface area contributed by atoms with Crippen LogP contribution in [0.4, 0.5) is 0 Å². The number of hydrogen-bond donors (Lipinski definition) is 0. The van der Waals surface area contributed by atoms with Crippen molar-refractivity contribution in [2.75, 3.05) is 0 Å². The number of rotatable bonds is 4. The quantitative estimate of drug-likeness (QED) is 0.166. The van der Waals surface area contributed by atoms with Gasteiger partial charge in [-0.25, -0.2) is 0 Å². The summed E-state index contributed by atoms with van der Waals surface area (Å²) < 4.78 is 41.3. The second kappa shape index (κ2) is 10.8. The second-order valence-corrected chi connectivity index (χ2v) is 14.4. The summed E-state index contributed by atoms with van der Waals surface area (Å²) in [5.41, 5.74) is 9.10. The van der Waals surface area contributed by atoms with E-state index in [-0.39, 0.29) is 11.3 Å². The first kappa shape index (κ1) is 26.8. The van der Waals surface area contributed by atoms with Crippen LogP contribution in [0.25, 0.3) is 82.4 Å². The number of aryl methyl sites for hydroxylation is 3. The van der Waals surface area contributed by atoms with Crippen molar-refractivity contribution in [1.82, 2.24) is 23.1 Å². The molecule has 0 N–H and O–H groups in total. The Hall–Kier alpha value is -5.97. The first-order valence-corrected chi connectivity index (χ1v) is 18.2. The predicted molar refractivity (Wildman–Crippen MR) is 206 cm³/mol. The average molecular weight is 854 g/mol. The van der Waals surface area contributed by atoms with Gasteiger partial charge in [-0.3, -0.25) is 0 Å². The fourth-order valence-corrected chi connectivity index (χ4v) is 8.88. The van der Waals surface area contributed by atoms with Crippen LogP contribution in [0, 0.1) is 29.7 Å². The summed E-state index contributed by atoms with van der Waals surface area (Å²) >= 11 is 2.28. The van der Waals surface area contributed by atoms with Gasteiger partial charge in [-0.2, -0.15) is 0 Å². The molecule has 0 amide bonds. The molecule has 5 heterocycles. The Bertz CT molecular complexity index is 3460. The third-order valence-electron chi connectivity index (χ3n) is 10.4. The smallest absolute Gasteiger partial charge is 0.0459 e. The molecule has 0 saturated heterocycles. The number of aromatic nitrogens is 5. The van der Waals surface area contributed by atoms with Gasteiger partial charge in [0.15, 0.2) is 0 Å². The van der Waals surface area contributed by atoms with E-state index in [0.29, 0.717) is 11.4 Å². The molecule has 0 unspecified atom stereocenters. The summed E-state index contributed by atoms with van der Waals surface area (Å²) in [6.45, 7) is -0.376. The minimum Gasteiger partial charge on any atom is -0.0459 e.